The summed E-state index contributed by atoms with van der Waals surface area (Å²) in [6.07, 6.45) is 0. The van der Waals surface area contributed by atoms with Gasteiger partial charge in [-0.2, -0.15) is 0 Å². The first-order valence-electron chi connectivity index (χ1n) is 7.01. The normalized spacial score (nSPS) is 15.8. The van der Waals surface area contributed by atoms with Crippen LogP contribution in [0.1, 0.15) is 15.4 Å². The van der Waals surface area contributed by atoms with Crippen molar-refractivity contribution in [3.8, 4) is 17.0 Å². The molecule has 6 nitrogen and oxygen atoms in total. The maximum absolute atomic E-state index is 11.3. The number of nitrogens with two attached hydrogens (primary N) is 1. The lowest BCUT2D eigenvalue weighted by Crippen LogP contribution is -2.35. The molecule has 1 aromatic carbocycles. The highest BCUT2D eigenvalue weighted by atomic mass is 32.1. The third kappa shape index (κ3) is 3.27. The zero-order valence-corrected chi connectivity index (χ0v) is 12.8. The molecule has 1 fully saturated rings. The molecular formula is C15H17N3O3S. The van der Waals surface area contributed by atoms with Crippen LogP contribution < -0.4 is 5.73 Å². The van der Waals surface area contributed by atoms with Gasteiger partial charge in [0.15, 0.2) is 0 Å². The molecule has 1 amide bonds. The van der Waals surface area contributed by atoms with Crippen molar-refractivity contribution in [2.45, 2.75) is 6.54 Å². The Labute approximate surface area is 132 Å². The maximum atomic E-state index is 11.3. The van der Waals surface area contributed by atoms with Crippen LogP contribution in [-0.4, -0.2) is 47.2 Å². The molecule has 1 saturated heterocycles. The molecule has 0 spiro atoms. The van der Waals surface area contributed by atoms with Gasteiger partial charge in [-0.05, 0) is 18.2 Å². The quantitative estimate of drug-likeness (QED) is 0.890. The lowest BCUT2D eigenvalue weighted by Gasteiger charge is -2.25. The number of thiazole rings is 1. The third-order valence-electron chi connectivity index (χ3n) is 3.57. The molecular weight excluding hydrogens is 302 g/mol. The predicted octanol–water partition coefficient (Wildman–Crippen LogP) is 1.45. The van der Waals surface area contributed by atoms with E-state index in [0.29, 0.717) is 0 Å². The second kappa shape index (κ2) is 6.43. The van der Waals surface area contributed by atoms with Crippen LogP contribution in [0.4, 0.5) is 0 Å². The average Bonchev–Trinajstić information content (AvgIpc) is 2.97. The molecule has 2 aromatic rings. The van der Waals surface area contributed by atoms with E-state index in [1.807, 2.05) is 5.38 Å². The Kier molecular flexibility index (Phi) is 4.37. The Bertz CT molecular complexity index is 680. The smallest absolute Gasteiger partial charge is 0.252 e. The Hall–Kier alpha value is -1.96. The summed E-state index contributed by atoms with van der Waals surface area (Å²) in [6.45, 7) is 4.16. The van der Waals surface area contributed by atoms with Crippen molar-refractivity contribution in [2.75, 3.05) is 26.3 Å². The van der Waals surface area contributed by atoms with Crippen LogP contribution in [0.5, 0.6) is 5.75 Å². The fraction of sp³-hybridized carbons (Fsp3) is 0.333. The molecule has 3 rings (SSSR count). The van der Waals surface area contributed by atoms with Gasteiger partial charge in [0.25, 0.3) is 5.91 Å². The average molecular weight is 319 g/mol. The Morgan fingerprint density at radius 3 is 2.91 bits per heavy atom. The third-order valence-corrected chi connectivity index (χ3v) is 4.41. The van der Waals surface area contributed by atoms with E-state index in [1.54, 1.807) is 23.5 Å². The number of morpholine rings is 1. The van der Waals surface area contributed by atoms with Crippen LogP contribution in [0, 0.1) is 0 Å². The Balaban J connectivity index is 1.78. The first-order valence-corrected chi connectivity index (χ1v) is 7.89. The summed E-state index contributed by atoms with van der Waals surface area (Å²) < 4.78 is 5.33. The molecule has 2 heterocycles. The number of aromatic hydroxyl groups is 1. The van der Waals surface area contributed by atoms with E-state index in [0.717, 1.165) is 49.1 Å². The number of nitrogens with zero attached hydrogens (tertiary/aromatic N) is 2. The van der Waals surface area contributed by atoms with E-state index < -0.39 is 5.91 Å². The first-order chi connectivity index (χ1) is 10.6. The SMILES string of the molecule is NC(=O)c1cc(-c2csc(CN3CCOCC3)n2)ccc1O. The Morgan fingerprint density at radius 1 is 1.41 bits per heavy atom. The minimum Gasteiger partial charge on any atom is -0.507 e. The van der Waals surface area contributed by atoms with Crippen LogP contribution in [0.25, 0.3) is 11.3 Å². The van der Waals surface area contributed by atoms with Gasteiger partial charge in [-0.3, -0.25) is 9.69 Å². The predicted molar refractivity (Wildman–Crippen MR) is 83.8 cm³/mol. The fourth-order valence-electron chi connectivity index (χ4n) is 2.36. The lowest BCUT2D eigenvalue weighted by molar-refractivity contribution is 0.0342. The summed E-state index contributed by atoms with van der Waals surface area (Å²) in [7, 11) is 0. The summed E-state index contributed by atoms with van der Waals surface area (Å²) in [5.41, 5.74) is 6.93. The number of rotatable bonds is 4. The van der Waals surface area contributed by atoms with E-state index in [9.17, 15) is 9.90 Å². The van der Waals surface area contributed by atoms with E-state index in [-0.39, 0.29) is 11.3 Å². The summed E-state index contributed by atoms with van der Waals surface area (Å²) in [6, 6.07) is 4.77. The van der Waals surface area contributed by atoms with Gasteiger partial charge in [0, 0.05) is 24.0 Å². The van der Waals surface area contributed by atoms with E-state index >= 15 is 0 Å². The number of hydrogen-bond acceptors (Lipinski definition) is 6. The molecule has 0 atom stereocenters. The van der Waals surface area contributed by atoms with Gasteiger partial charge >= 0.3 is 0 Å². The number of hydrogen-bond donors (Lipinski definition) is 2. The van der Waals surface area contributed by atoms with Gasteiger partial charge in [0.1, 0.15) is 10.8 Å². The highest BCUT2D eigenvalue weighted by molar-refractivity contribution is 7.09. The highest BCUT2D eigenvalue weighted by Gasteiger charge is 2.14. The topological polar surface area (TPSA) is 88.7 Å². The van der Waals surface area contributed by atoms with Gasteiger partial charge < -0.3 is 15.6 Å². The number of benzene rings is 1. The minimum atomic E-state index is -0.650. The molecule has 3 N–H and O–H groups in total. The van der Waals surface area contributed by atoms with E-state index in [2.05, 4.69) is 9.88 Å². The number of primary amides is 1. The van der Waals surface area contributed by atoms with Crippen molar-refractivity contribution >= 4 is 17.2 Å². The molecule has 7 heteroatoms. The van der Waals surface area contributed by atoms with E-state index in [1.165, 1.54) is 6.07 Å². The maximum Gasteiger partial charge on any atom is 0.252 e. The number of amides is 1. The standard InChI is InChI=1S/C15H17N3O3S/c16-15(20)11-7-10(1-2-13(11)19)12-9-22-14(17-12)8-18-3-5-21-6-4-18/h1-2,7,9,19H,3-6,8H2,(H2,16,20). The molecule has 116 valence electrons. The second-order valence-corrected chi connectivity index (χ2v) is 6.05. The molecule has 1 aromatic heterocycles. The number of ether oxygens (including phenoxy) is 1. The van der Waals surface area contributed by atoms with Gasteiger partial charge in [-0.15, -0.1) is 11.3 Å². The molecule has 0 aliphatic carbocycles. The first kappa shape index (κ1) is 15.0. The largest absolute Gasteiger partial charge is 0.507 e. The molecule has 0 radical (unpaired) electrons. The highest BCUT2D eigenvalue weighted by Crippen LogP contribution is 2.27. The van der Waals surface area contributed by atoms with Gasteiger partial charge in [-0.25, -0.2) is 4.98 Å². The van der Waals surface area contributed by atoms with Gasteiger partial charge in [0.05, 0.1) is 31.0 Å². The van der Waals surface area contributed by atoms with E-state index in [4.69, 9.17) is 10.5 Å². The van der Waals surface area contributed by atoms with Gasteiger partial charge in [0.2, 0.25) is 0 Å². The van der Waals surface area contributed by atoms with Crippen molar-refractivity contribution in [2.24, 2.45) is 5.73 Å². The number of carbonyl (C=O) groups is 1. The summed E-state index contributed by atoms with van der Waals surface area (Å²) in [5, 5.41) is 12.6. The number of phenols is 1. The number of aromatic nitrogens is 1. The summed E-state index contributed by atoms with van der Waals surface area (Å²) in [4.78, 5) is 18.2. The zero-order chi connectivity index (χ0) is 15.5. The molecule has 0 unspecified atom stereocenters. The van der Waals surface area contributed by atoms with Crippen LogP contribution in [0.2, 0.25) is 0 Å². The molecule has 1 aliphatic rings. The van der Waals surface area contributed by atoms with Crippen LogP contribution >= 0.6 is 11.3 Å². The number of carbonyl (C=O) groups excluding carboxylic acids is 1. The lowest BCUT2D eigenvalue weighted by atomic mass is 10.1. The second-order valence-electron chi connectivity index (χ2n) is 5.11. The zero-order valence-electron chi connectivity index (χ0n) is 12.0. The summed E-state index contributed by atoms with van der Waals surface area (Å²) in [5.74, 6) is -0.761. The van der Waals surface area contributed by atoms with Crippen molar-refractivity contribution < 1.29 is 14.6 Å². The van der Waals surface area contributed by atoms with Crippen molar-refractivity contribution in [1.29, 1.82) is 0 Å². The monoisotopic (exact) mass is 319 g/mol. The van der Waals surface area contributed by atoms with Crippen molar-refractivity contribution in [3.05, 3.63) is 34.2 Å². The van der Waals surface area contributed by atoms with Crippen molar-refractivity contribution in [1.82, 2.24) is 9.88 Å². The van der Waals surface area contributed by atoms with Crippen molar-refractivity contribution in [3.63, 3.8) is 0 Å². The molecule has 0 saturated carbocycles. The molecule has 22 heavy (non-hydrogen) atoms. The molecule has 1 aliphatic heterocycles. The molecule has 0 bridgehead atoms. The van der Waals surface area contributed by atoms with Crippen LogP contribution in [-0.2, 0) is 11.3 Å². The summed E-state index contributed by atoms with van der Waals surface area (Å²) >= 11 is 1.58. The fourth-order valence-corrected chi connectivity index (χ4v) is 3.20. The Morgan fingerprint density at radius 2 is 2.18 bits per heavy atom. The minimum absolute atomic E-state index is 0.111. The van der Waals surface area contributed by atoms with Gasteiger partial charge in [-0.1, -0.05) is 0 Å². The van der Waals surface area contributed by atoms with Crippen LogP contribution in [0.15, 0.2) is 23.6 Å². The van der Waals surface area contributed by atoms with Crippen LogP contribution in [0.3, 0.4) is 0 Å².